The van der Waals surface area contributed by atoms with Crippen LogP contribution in [0, 0.1) is 0 Å². The van der Waals surface area contributed by atoms with Gasteiger partial charge in [0.15, 0.2) is 0 Å². The number of unbranched alkanes of at least 4 members (excludes halogenated alkanes) is 2. The fourth-order valence-electron chi connectivity index (χ4n) is 2.66. The number of carbonyl (C=O) groups excluding carboxylic acids is 1. The minimum atomic E-state index is -3.58. The van der Waals surface area contributed by atoms with Gasteiger partial charge in [-0.3, -0.25) is 9.52 Å². The number of hydrogen-bond acceptors (Lipinski definition) is 4. The van der Waals surface area contributed by atoms with Crippen molar-refractivity contribution in [1.29, 1.82) is 0 Å². The van der Waals surface area contributed by atoms with Crippen molar-refractivity contribution in [2.24, 2.45) is 5.73 Å². The second-order valence-corrected chi connectivity index (χ2v) is 9.19. The van der Waals surface area contributed by atoms with E-state index in [4.69, 9.17) is 28.9 Å². The van der Waals surface area contributed by atoms with Crippen LogP contribution >= 0.6 is 23.2 Å². The number of halogens is 2. The zero-order valence-corrected chi connectivity index (χ0v) is 18.3. The molecular formula is C20H25Cl2N3O3S. The van der Waals surface area contributed by atoms with Gasteiger partial charge in [-0.25, -0.2) is 8.42 Å². The van der Waals surface area contributed by atoms with Crippen molar-refractivity contribution in [3.63, 3.8) is 0 Å². The fourth-order valence-corrected chi connectivity index (χ4v) is 4.16. The summed E-state index contributed by atoms with van der Waals surface area (Å²) in [6.07, 6.45) is 3.02. The smallest absolute Gasteiger partial charge is 0.251 e. The van der Waals surface area contributed by atoms with Crippen molar-refractivity contribution in [2.75, 3.05) is 23.6 Å². The number of amides is 1. The van der Waals surface area contributed by atoms with Crippen LogP contribution in [-0.2, 0) is 16.4 Å². The minimum absolute atomic E-state index is 0.141. The van der Waals surface area contributed by atoms with Gasteiger partial charge >= 0.3 is 0 Å². The first-order valence-corrected chi connectivity index (χ1v) is 11.7. The predicted molar refractivity (Wildman–Crippen MR) is 119 cm³/mol. The zero-order valence-electron chi connectivity index (χ0n) is 16.0. The Bertz CT molecular complexity index is 919. The number of rotatable bonds is 11. The second-order valence-electron chi connectivity index (χ2n) is 6.57. The van der Waals surface area contributed by atoms with Gasteiger partial charge in [-0.15, -0.1) is 0 Å². The van der Waals surface area contributed by atoms with Crippen LogP contribution in [0.1, 0.15) is 35.2 Å². The molecule has 9 heteroatoms. The summed E-state index contributed by atoms with van der Waals surface area (Å²) in [5.74, 6) is -0.333. The minimum Gasteiger partial charge on any atom is -0.352 e. The van der Waals surface area contributed by atoms with Crippen molar-refractivity contribution in [1.82, 2.24) is 5.32 Å². The molecule has 2 aromatic carbocycles. The first-order valence-electron chi connectivity index (χ1n) is 9.34. The van der Waals surface area contributed by atoms with Crippen LogP contribution in [0.25, 0.3) is 0 Å². The Hall–Kier alpha value is -1.80. The van der Waals surface area contributed by atoms with Crippen molar-refractivity contribution in [2.45, 2.75) is 25.7 Å². The largest absolute Gasteiger partial charge is 0.352 e. The molecule has 0 aromatic heterocycles. The van der Waals surface area contributed by atoms with Crippen LogP contribution in [0.2, 0.25) is 10.0 Å². The summed E-state index contributed by atoms with van der Waals surface area (Å²) in [7, 11) is -3.58. The topological polar surface area (TPSA) is 101 Å². The Morgan fingerprint density at radius 1 is 1.00 bits per heavy atom. The van der Waals surface area contributed by atoms with Crippen LogP contribution in [-0.4, -0.2) is 33.2 Å². The molecule has 29 heavy (non-hydrogen) atoms. The highest BCUT2D eigenvalue weighted by Gasteiger charge is 2.14. The van der Waals surface area contributed by atoms with Gasteiger partial charge in [0.25, 0.3) is 5.91 Å². The van der Waals surface area contributed by atoms with Gasteiger partial charge < -0.3 is 11.1 Å². The van der Waals surface area contributed by atoms with Gasteiger partial charge in [0.05, 0.1) is 15.8 Å². The van der Waals surface area contributed by atoms with E-state index in [2.05, 4.69) is 10.0 Å². The molecule has 0 unspecified atom stereocenters. The molecule has 2 rings (SSSR count). The number of hydrogen-bond donors (Lipinski definition) is 3. The maximum atomic E-state index is 12.3. The molecule has 0 radical (unpaired) electrons. The van der Waals surface area contributed by atoms with E-state index in [1.165, 1.54) is 0 Å². The first-order chi connectivity index (χ1) is 13.8. The van der Waals surface area contributed by atoms with E-state index in [1.54, 1.807) is 42.5 Å². The molecule has 0 spiro atoms. The molecule has 0 bridgehead atoms. The monoisotopic (exact) mass is 457 g/mol. The fraction of sp³-hybridized carbons (Fsp3) is 0.350. The Balaban J connectivity index is 1.87. The lowest BCUT2D eigenvalue weighted by Gasteiger charge is -2.10. The summed E-state index contributed by atoms with van der Waals surface area (Å²) in [5.41, 5.74) is 6.96. The highest BCUT2D eigenvalue weighted by atomic mass is 35.5. The lowest BCUT2D eigenvalue weighted by Crippen LogP contribution is -2.24. The first kappa shape index (κ1) is 23.5. The Morgan fingerprint density at radius 3 is 2.41 bits per heavy atom. The van der Waals surface area contributed by atoms with Crippen molar-refractivity contribution in [3.8, 4) is 0 Å². The molecule has 0 aliphatic carbocycles. The van der Waals surface area contributed by atoms with E-state index in [0.717, 1.165) is 19.3 Å². The molecule has 1 amide bonds. The van der Waals surface area contributed by atoms with Crippen LogP contribution in [0.15, 0.2) is 42.5 Å². The molecule has 0 fully saturated rings. The summed E-state index contributed by atoms with van der Waals surface area (Å²) in [6, 6.07) is 11.4. The van der Waals surface area contributed by atoms with E-state index < -0.39 is 10.0 Å². The van der Waals surface area contributed by atoms with E-state index in [9.17, 15) is 13.2 Å². The predicted octanol–water partition coefficient (Wildman–Crippen LogP) is 3.84. The number of nitrogens with one attached hydrogen (secondary N) is 2. The quantitative estimate of drug-likeness (QED) is 0.446. The molecule has 0 saturated heterocycles. The number of nitrogens with two attached hydrogens (primary N) is 1. The van der Waals surface area contributed by atoms with Crippen molar-refractivity contribution >= 4 is 44.8 Å². The normalized spacial score (nSPS) is 11.3. The Labute approximate surface area is 181 Å². The molecule has 0 saturated carbocycles. The van der Waals surface area contributed by atoms with Crippen molar-refractivity contribution in [3.05, 3.63) is 63.6 Å². The lowest BCUT2D eigenvalue weighted by molar-refractivity contribution is 0.0953. The van der Waals surface area contributed by atoms with Gasteiger partial charge in [0.1, 0.15) is 0 Å². The molecule has 2 aromatic rings. The van der Waals surface area contributed by atoms with E-state index >= 15 is 0 Å². The maximum absolute atomic E-state index is 12.3. The summed E-state index contributed by atoms with van der Waals surface area (Å²) in [6.45, 7) is 1.23. The standard InChI is InChI=1S/C20H25Cl2N3O3S/c21-18-6-4-5-15(19(18)22)11-14-29(27,28)25-17-9-7-16(8-10-17)20(26)24-13-3-1-2-12-23/h4-10,25H,1-3,11-14,23H2,(H,24,26). The van der Waals surface area contributed by atoms with E-state index in [1.807, 2.05) is 0 Å². The number of sulfonamides is 1. The molecule has 0 heterocycles. The average molecular weight is 458 g/mol. The molecule has 158 valence electrons. The molecular weight excluding hydrogens is 433 g/mol. The third-order valence-electron chi connectivity index (χ3n) is 4.26. The number of aryl methyl sites for hydroxylation is 1. The van der Waals surface area contributed by atoms with Gasteiger partial charge in [0.2, 0.25) is 10.0 Å². The molecule has 6 nitrogen and oxygen atoms in total. The van der Waals surface area contributed by atoms with Crippen LogP contribution in [0.3, 0.4) is 0 Å². The molecule has 0 aliphatic rings. The third-order valence-corrected chi connectivity index (χ3v) is 6.40. The van der Waals surface area contributed by atoms with E-state index in [-0.39, 0.29) is 18.1 Å². The summed E-state index contributed by atoms with van der Waals surface area (Å²) in [4.78, 5) is 12.1. The Kier molecular flexibility index (Phi) is 9.23. The van der Waals surface area contributed by atoms with Gasteiger partial charge in [0, 0.05) is 17.8 Å². The van der Waals surface area contributed by atoms with Gasteiger partial charge in [-0.2, -0.15) is 0 Å². The van der Waals surface area contributed by atoms with Gasteiger partial charge in [-0.05, 0) is 61.7 Å². The number of benzene rings is 2. The maximum Gasteiger partial charge on any atom is 0.251 e. The average Bonchev–Trinajstić information content (AvgIpc) is 2.69. The molecule has 0 atom stereocenters. The zero-order chi connectivity index (χ0) is 21.3. The second kappa shape index (κ2) is 11.4. The van der Waals surface area contributed by atoms with Crippen LogP contribution in [0.4, 0.5) is 5.69 Å². The lowest BCUT2D eigenvalue weighted by atomic mass is 10.2. The van der Waals surface area contributed by atoms with Crippen LogP contribution < -0.4 is 15.8 Å². The Morgan fingerprint density at radius 2 is 1.72 bits per heavy atom. The number of carbonyl (C=O) groups is 1. The number of anilines is 1. The summed E-state index contributed by atoms with van der Waals surface area (Å²) >= 11 is 12.1. The molecule has 4 N–H and O–H groups in total. The highest BCUT2D eigenvalue weighted by Crippen LogP contribution is 2.26. The van der Waals surface area contributed by atoms with Crippen molar-refractivity contribution < 1.29 is 13.2 Å². The third kappa shape index (κ3) is 7.85. The van der Waals surface area contributed by atoms with E-state index in [0.29, 0.717) is 39.9 Å². The van der Waals surface area contributed by atoms with Gasteiger partial charge in [-0.1, -0.05) is 41.8 Å². The summed E-state index contributed by atoms with van der Waals surface area (Å²) < 4.78 is 27.2. The van der Waals surface area contributed by atoms with Crippen LogP contribution in [0.5, 0.6) is 0 Å². The highest BCUT2D eigenvalue weighted by molar-refractivity contribution is 7.92. The SMILES string of the molecule is NCCCCCNC(=O)c1ccc(NS(=O)(=O)CCc2cccc(Cl)c2Cl)cc1. The summed E-state index contributed by atoms with van der Waals surface area (Å²) in [5, 5.41) is 3.59. The molecule has 0 aliphatic heterocycles.